The van der Waals surface area contributed by atoms with E-state index >= 15 is 0 Å². The summed E-state index contributed by atoms with van der Waals surface area (Å²) < 4.78 is 24.3. The Kier molecular flexibility index (Phi) is 4.88. The zero-order valence-electron chi connectivity index (χ0n) is 9.06. The first-order valence-corrected chi connectivity index (χ1v) is 6.21. The van der Waals surface area contributed by atoms with Crippen molar-refractivity contribution >= 4 is 22.0 Å². The molecule has 1 unspecified atom stereocenters. The van der Waals surface area contributed by atoms with Gasteiger partial charge in [0, 0.05) is 6.54 Å². The maximum atomic E-state index is 11.1. The van der Waals surface area contributed by atoms with Crippen molar-refractivity contribution < 1.29 is 28.2 Å². The predicted molar refractivity (Wildman–Crippen MR) is 55.5 cm³/mol. The third-order valence-electron chi connectivity index (χ3n) is 2.12. The second-order valence-corrected chi connectivity index (χ2v) is 5.76. The molecule has 0 amide bonds. The van der Waals surface area contributed by atoms with Crippen LogP contribution in [0.15, 0.2) is 0 Å². The van der Waals surface area contributed by atoms with E-state index in [4.69, 9.17) is 10.2 Å². The summed E-state index contributed by atoms with van der Waals surface area (Å²) in [5.41, 5.74) is -1.64. The van der Waals surface area contributed by atoms with Crippen molar-refractivity contribution in [1.82, 2.24) is 4.72 Å². The molecular weight excluding hydrogens is 238 g/mol. The number of rotatable bonds is 7. The van der Waals surface area contributed by atoms with Gasteiger partial charge in [0.2, 0.25) is 10.0 Å². The highest BCUT2D eigenvalue weighted by molar-refractivity contribution is 7.89. The zero-order valence-corrected chi connectivity index (χ0v) is 9.87. The van der Waals surface area contributed by atoms with E-state index in [-0.39, 0.29) is 5.75 Å². The van der Waals surface area contributed by atoms with Gasteiger partial charge in [-0.25, -0.2) is 13.1 Å². The van der Waals surface area contributed by atoms with Crippen molar-refractivity contribution in [2.75, 3.05) is 12.3 Å². The lowest BCUT2D eigenvalue weighted by molar-refractivity contribution is -0.154. The topological polar surface area (TPSA) is 121 Å². The summed E-state index contributed by atoms with van der Waals surface area (Å²) in [5.74, 6) is -2.83. The average Bonchev–Trinajstić information content (AvgIpc) is 2.14. The number of carboxylic acid groups (broad SMARTS) is 2. The fourth-order valence-corrected chi connectivity index (χ4v) is 1.66. The van der Waals surface area contributed by atoms with Gasteiger partial charge in [-0.1, -0.05) is 0 Å². The fourth-order valence-electron chi connectivity index (χ4n) is 0.919. The number of aliphatic carboxylic acids is 2. The first kappa shape index (κ1) is 14.8. The summed E-state index contributed by atoms with van der Waals surface area (Å²) in [5, 5.41) is 17.4. The van der Waals surface area contributed by atoms with Crippen LogP contribution in [0.3, 0.4) is 0 Å². The molecule has 94 valence electrons. The lowest BCUT2D eigenvalue weighted by atomic mass is 9.87. The molecule has 0 aliphatic heterocycles. The number of carboxylic acids is 2. The average molecular weight is 253 g/mol. The van der Waals surface area contributed by atoms with Gasteiger partial charge in [-0.2, -0.15) is 0 Å². The van der Waals surface area contributed by atoms with Crippen LogP contribution in [-0.4, -0.2) is 42.9 Å². The van der Waals surface area contributed by atoms with E-state index < -0.39 is 40.3 Å². The van der Waals surface area contributed by atoms with Gasteiger partial charge in [-0.15, -0.1) is 0 Å². The summed E-state index contributed by atoms with van der Waals surface area (Å²) in [4.78, 5) is 21.3. The summed E-state index contributed by atoms with van der Waals surface area (Å²) in [6, 6.07) is 0. The lowest BCUT2D eigenvalue weighted by Crippen LogP contribution is -2.42. The summed E-state index contributed by atoms with van der Waals surface area (Å²) in [6.07, 6.45) is -0.644. The minimum Gasteiger partial charge on any atom is -0.481 e. The van der Waals surface area contributed by atoms with Gasteiger partial charge < -0.3 is 10.2 Å². The van der Waals surface area contributed by atoms with E-state index in [2.05, 4.69) is 4.72 Å². The zero-order chi connectivity index (χ0) is 13.0. The molecule has 0 aliphatic carbocycles. The quantitative estimate of drug-likeness (QED) is 0.562. The molecule has 1 atom stereocenters. The van der Waals surface area contributed by atoms with Gasteiger partial charge in [0.05, 0.1) is 17.6 Å². The molecule has 0 bridgehead atoms. The first-order chi connectivity index (χ1) is 7.13. The summed E-state index contributed by atoms with van der Waals surface area (Å²) >= 11 is 0. The maximum Gasteiger partial charge on any atom is 0.311 e. The van der Waals surface area contributed by atoms with Crippen molar-refractivity contribution in [3.8, 4) is 0 Å². The maximum absolute atomic E-state index is 11.1. The molecule has 7 nitrogen and oxygen atoms in total. The Morgan fingerprint density at radius 2 is 1.81 bits per heavy atom. The van der Waals surface area contributed by atoms with Crippen molar-refractivity contribution in [3.63, 3.8) is 0 Å². The molecule has 0 fully saturated rings. The van der Waals surface area contributed by atoms with Gasteiger partial charge in [0.15, 0.2) is 0 Å². The van der Waals surface area contributed by atoms with Crippen LogP contribution in [0.2, 0.25) is 0 Å². The smallest absolute Gasteiger partial charge is 0.311 e. The Bertz CT molecular complexity index is 376. The van der Waals surface area contributed by atoms with E-state index in [0.29, 0.717) is 0 Å². The molecule has 0 heterocycles. The number of sulfonamides is 1. The Hall–Kier alpha value is -1.15. The van der Waals surface area contributed by atoms with Crippen molar-refractivity contribution in [2.24, 2.45) is 5.41 Å². The summed E-state index contributed by atoms with van der Waals surface area (Å²) in [6.45, 7) is 2.14. The molecule has 0 saturated heterocycles. The van der Waals surface area contributed by atoms with Crippen LogP contribution in [0.4, 0.5) is 0 Å². The number of carbonyl (C=O) groups is 2. The Morgan fingerprint density at radius 1 is 1.31 bits per heavy atom. The molecule has 0 spiro atoms. The van der Waals surface area contributed by atoms with Crippen LogP contribution in [0.5, 0.6) is 0 Å². The normalized spacial score (nSPS) is 15.4. The molecule has 0 aromatic heterocycles. The SMILES string of the molecule is CCS(=O)(=O)NCC(C)(CC(=O)O)C(=O)O. The van der Waals surface area contributed by atoms with E-state index in [0.717, 1.165) is 0 Å². The minimum absolute atomic E-state index is 0.185. The van der Waals surface area contributed by atoms with Crippen LogP contribution in [-0.2, 0) is 19.6 Å². The molecule has 0 aromatic rings. The molecular formula is C8H15NO6S. The van der Waals surface area contributed by atoms with Gasteiger partial charge >= 0.3 is 11.9 Å². The van der Waals surface area contributed by atoms with E-state index in [1.165, 1.54) is 13.8 Å². The van der Waals surface area contributed by atoms with Crippen LogP contribution in [0.1, 0.15) is 20.3 Å². The molecule has 16 heavy (non-hydrogen) atoms. The lowest BCUT2D eigenvalue weighted by Gasteiger charge is -2.22. The van der Waals surface area contributed by atoms with E-state index in [1.54, 1.807) is 0 Å². The highest BCUT2D eigenvalue weighted by Crippen LogP contribution is 2.21. The van der Waals surface area contributed by atoms with E-state index in [9.17, 15) is 18.0 Å². The third-order valence-corrected chi connectivity index (χ3v) is 3.46. The summed E-state index contributed by atoms with van der Waals surface area (Å²) in [7, 11) is -3.53. The molecule has 0 radical (unpaired) electrons. The minimum atomic E-state index is -3.53. The number of hydrogen-bond donors (Lipinski definition) is 3. The van der Waals surface area contributed by atoms with Crippen LogP contribution < -0.4 is 4.72 Å². The number of hydrogen-bond acceptors (Lipinski definition) is 4. The van der Waals surface area contributed by atoms with Crippen LogP contribution in [0, 0.1) is 5.41 Å². The Labute approximate surface area is 93.5 Å². The number of nitrogens with one attached hydrogen (secondary N) is 1. The molecule has 0 aliphatic rings. The van der Waals surface area contributed by atoms with Crippen molar-refractivity contribution in [2.45, 2.75) is 20.3 Å². The Balaban J connectivity index is 4.71. The largest absolute Gasteiger partial charge is 0.481 e. The first-order valence-electron chi connectivity index (χ1n) is 4.55. The van der Waals surface area contributed by atoms with E-state index in [1.807, 2.05) is 0 Å². The van der Waals surface area contributed by atoms with Gasteiger partial charge in [0.1, 0.15) is 0 Å². The van der Waals surface area contributed by atoms with Crippen molar-refractivity contribution in [3.05, 3.63) is 0 Å². The highest BCUT2D eigenvalue weighted by atomic mass is 32.2. The monoisotopic (exact) mass is 253 g/mol. The second kappa shape index (κ2) is 5.26. The van der Waals surface area contributed by atoms with Crippen LogP contribution in [0.25, 0.3) is 0 Å². The predicted octanol–water partition coefficient (Wildman–Crippen LogP) is -0.509. The van der Waals surface area contributed by atoms with Crippen molar-refractivity contribution in [1.29, 1.82) is 0 Å². The van der Waals surface area contributed by atoms with Gasteiger partial charge in [0.25, 0.3) is 0 Å². The van der Waals surface area contributed by atoms with Gasteiger partial charge in [-0.3, -0.25) is 9.59 Å². The molecule has 0 saturated carbocycles. The molecule has 0 aromatic carbocycles. The third kappa shape index (κ3) is 4.58. The Morgan fingerprint density at radius 3 is 2.12 bits per heavy atom. The molecule has 3 N–H and O–H groups in total. The molecule has 0 rings (SSSR count). The molecule has 8 heteroatoms. The van der Waals surface area contributed by atoms with Crippen LogP contribution >= 0.6 is 0 Å². The standard InChI is InChI=1S/C8H15NO6S/c1-3-16(14,15)9-5-8(2,7(12)13)4-6(10)11/h9H,3-5H2,1-2H3,(H,10,11)(H,12,13). The second-order valence-electron chi connectivity index (χ2n) is 3.66. The fraction of sp³-hybridized carbons (Fsp3) is 0.750. The highest BCUT2D eigenvalue weighted by Gasteiger charge is 2.36. The van der Waals surface area contributed by atoms with Gasteiger partial charge in [-0.05, 0) is 13.8 Å².